The SMILES string of the molecule is Cc1nc(Cl)c(-n2cccn2)nc1C. The van der Waals surface area contributed by atoms with E-state index in [0.29, 0.717) is 11.0 Å². The van der Waals surface area contributed by atoms with Crippen LogP contribution in [0.25, 0.3) is 5.82 Å². The molecule has 2 rings (SSSR count). The van der Waals surface area contributed by atoms with Crippen molar-refractivity contribution < 1.29 is 0 Å². The minimum atomic E-state index is 0.372. The van der Waals surface area contributed by atoms with Gasteiger partial charge < -0.3 is 0 Å². The van der Waals surface area contributed by atoms with Crippen LogP contribution in [0.4, 0.5) is 0 Å². The van der Waals surface area contributed by atoms with E-state index < -0.39 is 0 Å². The van der Waals surface area contributed by atoms with Gasteiger partial charge in [0.15, 0.2) is 11.0 Å². The Hall–Kier alpha value is -1.42. The van der Waals surface area contributed by atoms with Gasteiger partial charge in [-0.3, -0.25) is 0 Å². The maximum atomic E-state index is 5.96. The van der Waals surface area contributed by atoms with E-state index in [4.69, 9.17) is 11.6 Å². The summed E-state index contributed by atoms with van der Waals surface area (Å²) in [5.74, 6) is 0.569. The third-order valence-corrected chi connectivity index (χ3v) is 2.22. The third-order valence-electron chi connectivity index (χ3n) is 1.97. The van der Waals surface area contributed by atoms with E-state index >= 15 is 0 Å². The molecule has 0 aliphatic heterocycles. The molecule has 0 amide bonds. The summed E-state index contributed by atoms with van der Waals surface area (Å²) >= 11 is 5.96. The molecule has 0 aromatic carbocycles. The van der Waals surface area contributed by atoms with Crippen molar-refractivity contribution in [3.63, 3.8) is 0 Å². The second-order valence-corrected chi connectivity index (χ2v) is 3.32. The van der Waals surface area contributed by atoms with E-state index in [9.17, 15) is 0 Å². The normalized spacial score (nSPS) is 10.5. The molecule has 0 bridgehead atoms. The number of halogens is 1. The number of aromatic nitrogens is 4. The number of nitrogens with zero attached hydrogens (tertiary/aromatic N) is 4. The minimum Gasteiger partial charge on any atom is -0.236 e. The molecule has 0 aliphatic rings. The van der Waals surface area contributed by atoms with Crippen LogP contribution in [0, 0.1) is 13.8 Å². The number of hydrogen-bond acceptors (Lipinski definition) is 3. The molecule has 0 aliphatic carbocycles. The summed E-state index contributed by atoms with van der Waals surface area (Å²) in [6, 6.07) is 1.81. The summed E-state index contributed by atoms with van der Waals surface area (Å²) in [5, 5.41) is 4.42. The van der Waals surface area contributed by atoms with Crippen molar-refractivity contribution in [3.8, 4) is 5.82 Å². The first-order valence-corrected chi connectivity index (χ1v) is 4.57. The fraction of sp³-hybridized carbons (Fsp3) is 0.222. The molecule has 5 heteroatoms. The molecule has 0 saturated carbocycles. The molecule has 2 heterocycles. The topological polar surface area (TPSA) is 43.6 Å². The lowest BCUT2D eigenvalue weighted by atomic mass is 10.3. The van der Waals surface area contributed by atoms with Crippen molar-refractivity contribution in [1.29, 1.82) is 0 Å². The summed E-state index contributed by atoms with van der Waals surface area (Å²) < 4.78 is 1.60. The van der Waals surface area contributed by atoms with Crippen LogP contribution in [-0.4, -0.2) is 19.7 Å². The first kappa shape index (κ1) is 9.15. The van der Waals surface area contributed by atoms with Crippen molar-refractivity contribution in [3.05, 3.63) is 35.0 Å². The van der Waals surface area contributed by atoms with Crippen LogP contribution in [0.3, 0.4) is 0 Å². The highest BCUT2D eigenvalue weighted by Gasteiger charge is 2.08. The van der Waals surface area contributed by atoms with Crippen LogP contribution in [0.1, 0.15) is 11.4 Å². The van der Waals surface area contributed by atoms with Gasteiger partial charge in [0.05, 0.1) is 11.4 Å². The second kappa shape index (κ2) is 3.38. The molecule has 0 unspecified atom stereocenters. The van der Waals surface area contributed by atoms with E-state index in [-0.39, 0.29) is 0 Å². The Balaban J connectivity index is 2.60. The van der Waals surface area contributed by atoms with Gasteiger partial charge in [0, 0.05) is 12.4 Å². The Labute approximate surface area is 86.6 Å². The first-order valence-electron chi connectivity index (χ1n) is 4.19. The van der Waals surface area contributed by atoms with E-state index in [1.54, 1.807) is 17.1 Å². The quantitative estimate of drug-likeness (QED) is 0.719. The summed E-state index contributed by atoms with van der Waals surface area (Å²) in [4.78, 5) is 8.49. The zero-order valence-corrected chi connectivity index (χ0v) is 8.65. The third kappa shape index (κ3) is 1.48. The van der Waals surface area contributed by atoms with Gasteiger partial charge in [-0.15, -0.1) is 0 Å². The van der Waals surface area contributed by atoms with Crippen LogP contribution < -0.4 is 0 Å². The minimum absolute atomic E-state index is 0.372. The molecular formula is C9H9ClN4. The Kier molecular flexibility index (Phi) is 2.21. The standard InChI is InChI=1S/C9H9ClN4/c1-6-7(2)13-9(8(10)12-6)14-5-3-4-11-14/h3-5H,1-2H3. The van der Waals surface area contributed by atoms with Gasteiger partial charge in [0.25, 0.3) is 0 Å². The van der Waals surface area contributed by atoms with E-state index in [1.807, 2.05) is 19.9 Å². The van der Waals surface area contributed by atoms with E-state index in [2.05, 4.69) is 15.1 Å². The van der Waals surface area contributed by atoms with Crippen molar-refractivity contribution in [2.75, 3.05) is 0 Å². The van der Waals surface area contributed by atoms with Crippen LogP contribution in [0.2, 0.25) is 5.15 Å². The molecule has 72 valence electrons. The van der Waals surface area contributed by atoms with Crippen molar-refractivity contribution >= 4 is 11.6 Å². The predicted octanol–water partition coefficient (Wildman–Crippen LogP) is 1.93. The van der Waals surface area contributed by atoms with Gasteiger partial charge in [-0.2, -0.15) is 5.10 Å². The average molecular weight is 209 g/mol. The molecule has 0 spiro atoms. The van der Waals surface area contributed by atoms with Gasteiger partial charge in [0.1, 0.15) is 0 Å². The molecule has 0 N–H and O–H groups in total. The summed E-state index contributed by atoms with van der Waals surface area (Å²) in [7, 11) is 0. The highest BCUT2D eigenvalue weighted by Crippen LogP contribution is 2.16. The Morgan fingerprint density at radius 1 is 1.21 bits per heavy atom. The molecule has 4 nitrogen and oxygen atoms in total. The van der Waals surface area contributed by atoms with Crippen molar-refractivity contribution in [2.45, 2.75) is 13.8 Å². The monoisotopic (exact) mass is 208 g/mol. The van der Waals surface area contributed by atoms with E-state index in [1.165, 1.54) is 0 Å². The van der Waals surface area contributed by atoms with E-state index in [0.717, 1.165) is 11.4 Å². The first-order chi connectivity index (χ1) is 6.68. The molecule has 14 heavy (non-hydrogen) atoms. The zero-order chi connectivity index (χ0) is 10.1. The van der Waals surface area contributed by atoms with Crippen molar-refractivity contribution in [1.82, 2.24) is 19.7 Å². The summed E-state index contributed by atoms with van der Waals surface area (Å²) in [6.45, 7) is 3.77. The smallest absolute Gasteiger partial charge is 0.191 e. The highest BCUT2D eigenvalue weighted by molar-refractivity contribution is 6.30. The molecule has 2 aromatic heterocycles. The maximum Gasteiger partial charge on any atom is 0.191 e. The largest absolute Gasteiger partial charge is 0.236 e. The fourth-order valence-corrected chi connectivity index (χ4v) is 1.36. The zero-order valence-electron chi connectivity index (χ0n) is 7.90. The number of rotatable bonds is 1. The van der Waals surface area contributed by atoms with Gasteiger partial charge in [0.2, 0.25) is 0 Å². The van der Waals surface area contributed by atoms with Gasteiger partial charge >= 0.3 is 0 Å². The Morgan fingerprint density at radius 3 is 2.57 bits per heavy atom. The average Bonchev–Trinajstić information content (AvgIpc) is 2.64. The number of hydrogen-bond donors (Lipinski definition) is 0. The second-order valence-electron chi connectivity index (χ2n) is 2.96. The summed E-state index contributed by atoms with van der Waals surface area (Å²) in [6.07, 6.45) is 3.46. The molecule has 2 aromatic rings. The predicted molar refractivity (Wildman–Crippen MR) is 53.6 cm³/mol. The Morgan fingerprint density at radius 2 is 1.93 bits per heavy atom. The molecule has 0 atom stereocenters. The maximum absolute atomic E-state index is 5.96. The van der Waals surface area contributed by atoms with Crippen LogP contribution >= 0.6 is 11.6 Å². The summed E-state index contributed by atoms with van der Waals surface area (Å²) in [5.41, 5.74) is 1.70. The van der Waals surface area contributed by atoms with Gasteiger partial charge in [-0.25, -0.2) is 14.6 Å². The lowest BCUT2D eigenvalue weighted by molar-refractivity contribution is 0.824. The van der Waals surface area contributed by atoms with Crippen LogP contribution in [-0.2, 0) is 0 Å². The van der Waals surface area contributed by atoms with Gasteiger partial charge in [-0.05, 0) is 19.9 Å². The lowest BCUT2D eigenvalue weighted by Crippen LogP contribution is -2.04. The molecule has 0 radical (unpaired) electrons. The van der Waals surface area contributed by atoms with Gasteiger partial charge in [-0.1, -0.05) is 11.6 Å². The molecule has 0 fully saturated rings. The van der Waals surface area contributed by atoms with Crippen molar-refractivity contribution in [2.24, 2.45) is 0 Å². The van der Waals surface area contributed by atoms with Crippen LogP contribution in [0.15, 0.2) is 18.5 Å². The Bertz CT molecular complexity index is 450. The molecule has 0 saturated heterocycles. The highest BCUT2D eigenvalue weighted by atomic mass is 35.5. The lowest BCUT2D eigenvalue weighted by Gasteiger charge is -2.05. The number of aryl methyl sites for hydroxylation is 2. The van der Waals surface area contributed by atoms with Crippen LogP contribution in [0.5, 0.6) is 0 Å². The molecular weight excluding hydrogens is 200 g/mol. The fourth-order valence-electron chi connectivity index (χ4n) is 1.10.